The van der Waals surface area contributed by atoms with E-state index in [1.165, 1.54) is 205 Å². The van der Waals surface area contributed by atoms with Gasteiger partial charge in [0.05, 0.1) is 39.9 Å². The molecule has 0 saturated carbocycles. The van der Waals surface area contributed by atoms with Crippen molar-refractivity contribution in [3.63, 3.8) is 0 Å². The fraction of sp³-hybridized carbons (Fsp3) is 0.759. The van der Waals surface area contributed by atoms with Crippen LogP contribution < -0.4 is 10.2 Å². The summed E-state index contributed by atoms with van der Waals surface area (Å²) < 4.78 is 23.6. The van der Waals surface area contributed by atoms with Crippen molar-refractivity contribution in [1.82, 2.24) is 5.32 Å². The normalized spacial score (nSPS) is 14.2. The van der Waals surface area contributed by atoms with Crippen molar-refractivity contribution in [2.24, 2.45) is 0 Å². The van der Waals surface area contributed by atoms with Crippen LogP contribution in [-0.2, 0) is 18.4 Å². The molecule has 0 aromatic rings. The molecule has 0 fully saturated rings. The second-order valence-electron chi connectivity index (χ2n) is 26.3. The zero-order valence-corrected chi connectivity index (χ0v) is 59.3. The number of hydrogen-bond acceptors (Lipinski definition) is 6. The molecule has 88 heavy (non-hydrogen) atoms. The van der Waals surface area contributed by atoms with Gasteiger partial charge in [0.2, 0.25) is 5.91 Å². The van der Waals surface area contributed by atoms with Crippen molar-refractivity contribution in [3.05, 3.63) is 109 Å². The van der Waals surface area contributed by atoms with E-state index >= 15 is 0 Å². The molecule has 3 unspecified atom stereocenters. The highest BCUT2D eigenvalue weighted by molar-refractivity contribution is 7.45. The fourth-order valence-corrected chi connectivity index (χ4v) is 11.5. The van der Waals surface area contributed by atoms with Crippen LogP contribution in [0.25, 0.3) is 0 Å². The Hall–Kier alpha value is -2.84. The lowest BCUT2D eigenvalue weighted by Gasteiger charge is -2.30. The third-order valence-electron chi connectivity index (χ3n) is 16.5. The summed E-state index contributed by atoms with van der Waals surface area (Å²) in [4.78, 5) is 25.7. The van der Waals surface area contributed by atoms with Gasteiger partial charge in [-0.1, -0.05) is 354 Å². The number of phosphoric acid groups is 1. The molecule has 0 bridgehead atoms. The molecule has 8 nitrogen and oxygen atoms in total. The highest BCUT2D eigenvalue weighted by Gasteiger charge is 2.24. The van der Waals surface area contributed by atoms with Gasteiger partial charge in [0.15, 0.2) is 0 Å². The third-order valence-corrected chi connectivity index (χ3v) is 17.5. The lowest BCUT2D eigenvalue weighted by Crippen LogP contribution is -2.46. The summed E-state index contributed by atoms with van der Waals surface area (Å²) in [7, 11) is 1.30. The molecule has 3 atom stereocenters. The molecule has 0 radical (unpaired) electrons. The molecular weight excluding hydrogens is 1100 g/mol. The minimum absolute atomic E-state index is 0.00687. The van der Waals surface area contributed by atoms with Gasteiger partial charge in [-0.2, -0.15) is 0 Å². The zero-order chi connectivity index (χ0) is 64.1. The predicted molar refractivity (Wildman–Crippen MR) is 385 cm³/mol. The van der Waals surface area contributed by atoms with Crippen LogP contribution >= 0.6 is 7.82 Å². The van der Waals surface area contributed by atoms with E-state index in [9.17, 15) is 19.4 Å². The number of carbonyl (C=O) groups is 1. The number of aliphatic hydroxyl groups excluding tert-OH is 1. The molecule has 0 aliphatic rings. The largest absolute Gasteiger partial charge is 0.756 e. The van der Waals surface area contributed by atoms with E-state index in [-0.39, 0.29) is 19.1 Å². The van der Waals surface area contributed by atoms with Crippen molar-refractivity contribution < 1.29 is 32.9 Å². The van der Waals surface area contributed by atoms with Crippen molar-refractivity contribution in [2.75, 3.05) is 40.9 Å². The van der Waals surface area contributed by atoms with Crippen LogP contribution in [0.4, 0.5) is 0 Å². The number of amides is 1. The SMILES string of the molecule is CC/C=C\C/C=C\C/C=C\C/C=C\C/C=C\C/C=C\C/C=C\C/C=C\C/C=C\CCCCCCCCCCCC(=O)NC(COP(=O)([O-])OCC[N+](C)(C)C)C(O)CCCCCCCCCCCCCCCCCCCCCCCCCCCCCCC. The van der Waals surface area contributed by atoms with Gasteiger partial charge in [-0.3, -0.25) is 9.36 Å². The molecule has 0 aliphatic heterocycles. The first-order chi connectivity index (χ1) is 43.0. The Morgan fingerprint density at radius 1 is 0.409 bits per heavy atom. The molecule has 0 saturated heterocycles. The van der Waals surface area contributed by atoms with E-state index in [1.54, 1.807) is 0 Å². The van der Waals surface area contributed by atoms with Gasteiger partial charge in [0, 0.05) is 6.42 Å². The van der Waals surface area contributed by atoms with Crippen molar-refractivity contribution >= 4 is 13.7 Å². The van der Waals surface area contributed by atoms with Gasteiger partial charge in [-0.05, 0) is 83.5 Å². The first-order valence-corrected chi connectivity index (χ1v) is 38.7. The summed E-state index contributed by atoms with van der Waals surface area (Å²) in [5.74, 6) is -0.171. The van der Waals surface area contributed by atoms with Gasteiger partial charge in [0.1, 0.15) is 13.2 Å². The Bertz CT molecular complexity index is 1810. The van der Waals surface area contributed by atoms with Gasteiger partial charge < -0.3 is 28.8 Å². The highest BCUT2D eigenvalue weighted by atomic mass is 31.2. The molecule has 2 N–H and O–H groups in total. The number of carbonyl (C=O) groups excluding carboxylic acids is 1. The van der Waals surface area contributed by atoms with Crippen LogP contribution in [-0.4, -0.2) is 68.5 Å². The second kappa shape index (κ2) is 68.5. The number of rotatable bonds is 68. The molecule has 1 amide bonds. The molecule has 0 aromatic carbocycles. The van der Waals surface area contributed by atoms with Gasteiger partial charge in [-0.15, -0.1) is 0 Å². The van der Waals surface area contributed by atoms with Crippen LogP contribution in [0.1, 0.15) is 335 Å². The van der Waals surface area contributed by atoms with E-state index in [1.807, 2.05) is 21.1 Å². The fourth-order valence-electron chi connectivity index (χ4n) is 10.8. The van der Waals surface area contributed by atoms with Crippen LogP contribution in [0.15, 0.2) is 109 Å². The van der Waals surface area contributed by atoms with E-state index in [2.05, 4.69) is 129 Å². The summed E-state index contributed by atoms with van der Waals surface area (Å²) in [5, 5.41) is 14.1. The predicted octanol–water partition coefficient (Wildman–Crippen LogP) is 23.6. The first-order valence-electron chi connectivity index (χ1n) is 37.2. The first kappa shape index (κ1) is 85.2. The van der Waals surface area contributed by atoms with E-state index in [4.69, 9.17) is 9.05 Å². The quantitative estimate of drug-likeness (QED) is 0.0272. The lowest BCUT2D eigenvalue weighted by atomic mass is 10.0. The number of phosphoric ester groups is 1. The molecule has 0 aliphatic carbocycles. The Morgan fingerprint density at radius 3 is 1.01 bits per heavy atom. The maximum atomic E-state index is 13.1. The Balaban J connectivity index is 4.07. The number of nitrogens with zero attached hydrogens (tertiary/aromatic N) is 1. The number of hydrogen-bond donors (Lipinski definition) is 2. The summed E-state index contributed by atoms with van der Waals surface area (Å²) in [5.41, 5.74) is 0. The topological polar surface area (TPSA) is 108 Å². The van der Waals surface area contributed by atoms with E-state index in [0.29, 0.717) is 23.9 Å². The van der Waals surface area contributed by atoms with Crippen LogP contribution in [0.5, 0.6) is 0 Å². The molecule has 510 valence electrons. The van der Waals surface area contributed by atoms with Gasteiger partial charge >= 0.3 is 0 Å². The summed E-state index contributed by atoms with van der Waals surface area (Å²) in [6.07, 6.45) is 100. The lowest BCUT2D eigenvalue weighted by molar-refractivity contribution is -0.870. The standard InChI is InChI=1S/C79H143N2O6P/c1-6-8-10-12-14-16-18-20-22-24-26-28-30-32-34-36-37-38-39-40-41-42-43-45-47-49-51-53-55-57-59-61-63-65-67-69-71-73-79(83)80-77(76-87-88(84,85)86-75-74-81(3,4)5)78(82)72-70-68-66-64-62-60-58-56-54-52-50-48-46-44-35-33-31-29-27-25-23-21-19-17-15-13-11-9-7-2/h8,10,14,16,20,22,26,28,32,34,37-38,40-41,43,45,49,51,77-78,82H,6-7,9,11-13,15,17-19,21,23-25,27,29-31,33,35-36,39,42,44,46-48,50,52-76H2,1-5H3,(H-,80,83,84,85)/b10-8-,16-14-,22-20-,28-26-,34-32-,38-37-,41-40-,45-43-,51-49-. The zero-order valence-electron chi connectivity index (χ0n) is 58.4. The molecule has 9 heteroatoms. The summed E-state index contributed by atoms with van der Waals surface area (Å²) in [6.45, 7) is 4.63. The van der Waals surface area contributed by atoms with Gasteiger partial charge in [0.25, 0.3) is 7.82 Å². The summed E-state index contributed by atoms with van der Waals surface area (Å²) >= 11 is 0. The van der Waals surface area contributed by atoms with Crippen molar-refractivity contribution in [1.29, 1.82) is 0 Å². The molecule has 0 heterocycles. The average molecular weight is 1250 g/mol. The Kier molecular flexibility index (Phi) is 66.3. The molecule has 0 rings (SSSR count). The number of quaternary nitrogens is 1. The maximum Gasteiger partial charge on any atom is 0.268 e. The minimum Gasteiger partial charge on any atom is -0.756 e. The number of nitrogens with one attached hydrogen (secondary N) is 1. The average Bonchev–Trinajstić information content (AvgIpc) is 3.70. The maximum absolute atomic E-state index is 13.1. The van der Waals surface area contributed by atoms with Crippen molar-refractivity contribution in [2.45, 2.75) is 347 Å². The van der Waals surface area contributed by atoms with Crippen molar-refractivity contribution in [3.8, 4) is 0 Å². The van der Waals surface area contributed by atoms with Crippen LogP contribution in [0, 0.1) is 0 Å². The molecule has 0 aromatic heterocycles. The number of allylic oxidation sites excluding steroid dienone is 18. The van der Waals surface area contributed by atoms with E-state index in [0.717, 1.165) is 103 Å². The monoisotopic (exact) mass is 1250 g/mol. The number of unbranched alkanes of at least 4 members (excludes halogenated alkanes) is 37. The Morgan fingerprint density at radius 2 is 0.693 bits per heavy atom. The smallest absolute Gasteiger partial charge is 0.268 e. The minimum atomic E-state index is -4.59. The summed E-state index contributed by atoms with van der Waals surface area (Å²) in [6, 6.07) is -0.813. The third kappa shape index (κ3) is 70.6. The molecular formula is C79H143N2O6P. The Labute approximate surface area is 546 Å². The van der Waals surface area contributed by atoms with Gasteiger partial charge in [-0.25, -0.2) is 0 Å². The molecule has 0 spiro atoms. The number of aliphatic hydroxyl groups is 1. The van der Waals surface area contributed by atoms with E-state index < -0.39 is 20.0 Å². The highest BCUT2D eigenvalue weighted by Crippen LogP contribution is 2.38. The number of likely N-dealkylation sites (N-methyl/N-ethyl adjacent to an activating group) is 1. The van der Waals surface area contributed by atoms with Crippen LogP contribution in [0.3, 0.4) is 0 Å². The van der Waals surface area contributed by atoms with Crippen LogP contribution in [0.2, 0.25) is 0 Å². The second-order valence-corrected chi connectivity index (χ2v) is 27.7.